The molecule has 0 bridgehead atoms. The van der Waals surface area contributed by atoms with Gasteiger partial charge in [-0.2, -0.15) is 0 Å². The zero-order valence-electron chi connectivity index (χ0n) is 22.0. The Morgan fingerprint density at radius 1 is 1.14 bits per heavy atom. The molecular formula is C27H43N3O5. The van der Waals surface area contributed by atoms with E-state index in [2.05, 4.69) is 24.1 Å². The van der Waals surface area contributed by atoms with E-state index in [1.807, 2.05) is 0 Å². The number of hydrogen-bond donors (Lipinski definition) is 1. The van der Waals surface area contributed by atoms with Gasteiger partial charge in [-0.25, -0.2) is 0 Å². The molecule has 0 radical (unpaired) electrons. The molecule has 0 aromatic heterocycles. The number of anilines is 1. The Hall–Kier alpha value is -2.16. The quantitative estimate of drug-likeness (QED) is 0.657. The van der Waals surface area contributed by atoms with Gasteiger partial charge in [0.05, 0.1) is 11.7 Å². The van der Waals surface area contributed by atoms with Gasteiger partial charge in [-0.15, -0.1) is 0 Å². The molecule has 3 atom stereocenters. The van der Waals surface area contributed by atoms with Crippen molar-refractivity contribution in [3.8, 4) is 5.75 Å². The third kappa shape index (κ3) is 7.66. The Balaban J connectivity index is 1.88. The van der Waals surface area contributed by atoms with Crippen molar-refractivity contribution < 1.29 is 23.8 Å². The van der Waals surface area contributed by atoms with Crippen molar-refractivity contribution in [2.75, 3.05) is 59.4 Å². The van der Waals surface area contributed by atoms with Gasteiger partial charge < -0.3 is 24.4 Å². The smallest absolute Gasteiger partial charge is 0.257 e. The lowest BCUT2D eigenvalue weighted by molar-refractivity contribution is -0.119. The first kappa shape index (κ1) is 27.4. The van der Waals surface area contributed by atoms with Gasteiger partial charge in [0, 0.05) is 58.7 Å². The van der Waals surface area contributed by atoms with E-state index in [0.29, 0.717) is 36.1 Å². The van der Waals surface area contributed by atoms with Crippen molar-refractivity contribution in [3.63, 3.8) is 0 Å². The molecule has 1 fully saturated rings. The maximum atomic E-state index is 13.3. The van der Waals surface area contributed by atoms with Crippen LogP contribution < -0.4 is 10.1 Å². The van der Waals surface area contributed by atoms with Gasteiger partial charge in [-0.1, -0.05) is 26.2 Å². The first-order valence-corrected chi connectivity index (χ1v) is 12.9. The minimum absolute atomic E-state index is 0.0383. The van der Waals surface area contributed by atoms with E-state index in [9.17, 15) is 9.59 Å². The van der Waals surface area contributed by atoms with Crippen LogP contribution in [-0.4, -0.2) is 87.9 Å². The highest BCUT2D eigenvalue weighted by molar-refractivity contribution is 5.98. The largest absolute Gasteiger partial charge is 0.491 e. The molecule has 1 aromatic carbocycles. The molecular weight excluding hydrogens is 446 g/mol. The minimum Gasteiger partial charge on any atom is -0.491 e. The number of hydrogen-bond acceptors (Lipinski definition) is 6. The molecule has 8 nitrogen and oxygen atoms in total. The summed E-state index contributed by atoms with van der Waals surface area (Å²) in [5.74, 6) is 1.07. The number of nitrogens with one attached hydrogen (secondary N) is 1. The highest BCUT2D eigenvalue weighted by Gasteiger charge is 2.29. The van der Waals surface area contributed by atoms with Crippen LogP contribution in [0.5, 0.6) is 5.75 Å². The number of methoxy groups -OCH3 is 2. The Kier molecular flexibility index (Phi) is 10.4. The molecule has 1 saturated carbocycles. The average molecular weight is 490 g/mol. The summed E-state index contributed by atoms with van der Waals surface area (Å²) in [5, 5.41) is 2.80. The first-order valence-electron chi connectivity index (χ1n) is 12.9. The second-order valence-corrected chi connectivity index (χ2v) is 10.2. The number of nitrogens with zero attached hydrogens (tertiary/aromatic N) is 2. The van der Waals surface area contributed by atoms with Gasteiger partial charge >= 0.3 is 0 Å². The number of rotatable bonds is 6. The van der Waals surface area contributed by atoms with Crippen molar-refractivity contribution in [3.05, 3.63) is 23.8 Å². The molecule has 1 heterocycles. The molecule has 196 valence electrons. The maximum Gasteiger partial charge on any atom is 0.257 e. The molecule has 35 heavy (non-hydrogen) atoms. The molecule has 8 heteroatoms. The van der Waals surface area contributed by atoms with Crippen LogP contribution >= 0.6 is 0 Å². The summed E-state index contributed by atoms with van der Waals surface area (Å²) >= 11 is 0. The van der Waals surface area contributed by atoms with Crippen LogP contribution in [0.2, 0.25) is 0 Å². The van der Waals surface area contributed by atoms with E-state index in [1.54, 1.807) is 37.3 Å². The van der Waals surface area contributed by atoms with E-state index in [4.69, 9.17) is 14.2 Å². The van der Waals surface area contributed by atoms with Gasteiger partial charge in [0.2, 0.25) is 5.91 Å². The van der Waals surface area contributed by atoms with Crippen LogP contribution in [0.15, 0.2) is 18.2 Å². The molecule has 2 amide bonds. The lowest BCUT2D eigenvalue weighted by atomic mass is 9.88. The van der Waals surface area contributed by atoms with Gasteiger partial charge in [0.15, 0.2) is 0 Å². The second kappa shape index (κ2) is 13.2. The Morgan fingerprint density at radius 2 is 1.89 bits per heavy atom. The van der Waals surface area contributed by atoms with Crippen molar-refractivity contribution >= 4 is 17.5 Å². The summed E-state index contributed by atoms with van der Waals surface area (Å²) in [6.07, 6.45) is 6.49. The number of carbonyl (C=O) groups excluding carboxylic acids is 2. The summed E-state index contributed by atoms with van der Waals surface area (Å²) in [4.78, 5) is 29.6. The highest BCUT2D eigenvalue weighted by atomic mass is 16.5. The molecule has 1 aliphatic heterocycles. The van der Waals surface area contributed by atoms with Gasteiger partial charge in [0.25, 0.3) is 5.91 Å². The maximum absolute atomic E-state index is 13.3. The molecule has 2 aliphatic rings. The lowest BCUT2D eigenvalue weighted by Crippen LogP contribution is -2.48. The Labute approximate surface area is 210 Å². The molecule has 0 saturated heterocycles. The second-order valence-electron chi connectivity index (χ2n) is 10.2. The summed E-state index contributed by atoms with van der Waals surface area (Å²) < 4.78 is 17.0. The van der Waals surface area contributed by atoms with Crippen molar-refractivity contribution in [2.24, 2.45) is 11.8 Å². The molecule has 1 aliphatic carbocycles. The standard InChI is InChI=1S/C27H43N3O5/c1-19-14-30(15-21-9-7-6-8-10-21)20(2)17-35-24-13-22(28-26(31)18-33-4)11-12-23(24)27(32)29(3)16-25(19)34-5/h11-13,19-21,25H,6-10,14-18H2,1-5H3,(H,28,31)/t19-,20+,25-/m0/s1. The minimum atomic E-state index is -0.256. The highest BCUT2D eigenvalue weighted by Crippen LogP contribution is 2.29. The predicted octanol–water partition coefficient (Wildman–Crippen LogP) is 3.66. The zero-order chi connectivity index (χ0) is 25.4. The van der Waals surface area contributed by atoms with Crippen LogP contribution in [0.1, 0.15) is 56.3 Å². The van der Waals surface area contributed by atoms with Gasteiger partial charge in [-0.3, -0.25) is 14.5 Å². The number of likely N-dealkylation sites (N-methyl/N-ethyl adjacent to an activating group) is 1. The van der Waals surface area contributed by atoms with E-state index in [-0.39, 0.29) is 36.5 Å². The summed E-state index contributed by atoms with van der Waals surface area (Å²) in [7, 11) is 5.00. The van der Waals surface area contributed by atoms with Gasteiger partial charge in [0.1, 0.15) is 19.0 Å². The van der Waals surface area contributed by atoms with Crippen LogP contribution in [-0.2, 0) is 14.3 Å². The number of amides is 2. The SMILES string of the molecule is COCC(=O)Nc1ccc2c(c1)OC[C@@H](C)N(CC1CCCCC1)C[C@H](C)[C@@H](OC)CN(C)C2=O. The predicted molar refractivity (Wildman–Crippen MR) is 137 cm³/mol. The lowest BCUT2D eigenvalue weighted by Gasteiger charge is -2.38. The normalized spacial score (nSPS) is 25.2. The van der Waals surface area contributed by atoms with Crippen LogP contribution in [0.3, 0.4) is 0 Å². The monoisotopic (exact) mass is 489 g/mol. The zero-order valence-corrected chi connectivity index (χ0v) is 22.0. The van der Waals surface area contributed by atoms with E-state index in [1.165, 1.54) is 39.2 Å². The van der Waals surface area contributed by atoms with Crippen LogP contribution in [0, 0.1) is 11.8 Å². The molecule has 1 aromatic rings. The molecule has 1 N–H and O–H groups in total. The Bertz CT molecular complexity index is 842. The molecule has 0 unspecified atom stereocenters. The first-order chi connectivity index (χ1) is 16.8. The average Bonchev–Trinajstić information content (AvgIpc) is 2.85. The molecule has 0 spiro atoms. The van der Waals surface area contributed by atoms with Crippen molar-refractivity contribution in [2.45, 2.75) is 58.1 Å². The number of ether oxygens (including phenoxy) is 3. The number of fused-ring (bicyclic) bond motifs is 1. The third-order valence-electron chi connectivity index (χ3n) is 7.35. The summed E-state index contributed by atoms with van der Waals surface area (Å²) in [6, 6.07) is 5.35. The Morgan fingerprint density at radius 3 is 2.57 bits per heavy atom. The topological polar surface area (TPSA) is 80.3 Å². The third-order valence-corrected chi connectivity index (χ3v) is 7.35. The fourth-order valence-corrected chi connectivity index (χ4v) is 5.21. The fraction of sp³-hybridized carbons (Fsp3) is 0.704. The van der Waals surface area contributed by atoms with Crippen molar-refractivity contribution in [1.29, 1.82) is 0 Å². The summed E-state index contributed by atoms with van der Waals surface area (Å²) in [6.45, 7) is 7.26. The van der Waals surface area contributed by atoms with E-state index < -0.39 is 0 Å². The van der Waals surface area contributed by atoms with Gasteiger partial charge in [-0.05, 0) is 43.7 Å². The van der Waals surface area contributed by atoms with Crippen LogP contribution in [0.25, 0.3) is 0 Å². The summed E-state index contributed by atoms with van der Waals surface area (Å²) in [5.41, 5.74) is 1.05. The fourth-order valence-electron chi connectivity index (χ4n) is 5.21. The van der Waals surface area contributed by atoms with E-state index in [0.717, 1.165) is 13.1 Å². The number of carbonyl (C=O) groups is 2. The number of benzene rings is 1. The van der Waals surface area contributed by atoms with Crippen LogP contribution in [0.4, 0.5) is 5.69 Å². The molecule has 3 rings (SSSR count). The van der Waals surface area contributed by atoms with Crippen molar-refractivity contribution in [1.82, 2.24) is 9.80 Å². The van der Waals surface area contributed by atoms with E-state index >= 15 is 0 Å².